The molecule has 0 saturated carbocycles. The van der Waals surface area contributed by atoms with Crippen molar-refractivity contribution in [3.05, 3.63) is 41.6 Å². The zero-order chi connectivity index (χ0) is 24.3. The number of rotatable bonds is 7. The fraction of sp³-hybridized carbons (Fsp3) is 0.458. The molecule has 1 amide bonds. The smallest absolute Gasteiger partial charge is 0.410 e. The second-order valence-electron chi connectivity index (χ2n) is 9.26. The number of hydrogen-bond acceptors (Lipinski definition) is 6. The van der Waals surface area contributed by atoms with Crippen LogP contribution < -0.4 is 4.74 Å². The second kappa shape index (κ2) is 9.97. The van der Waals surface area contributed by atoms with Gasteiger partial charge in [-0.25, -0.2) is 14.5 Å². The van der Waals surface area contributed by atoms with Crippen molar-refractivity contribution in [2.75, 3.05) is 20.2 Å². The van der Waals surface area contributed by atoms with Gasteiger partial charge in [0.15, 0.2) is 5.65 Å². The van der Waals surface area contributed by atoms with E-state index in [1.807, 2.05) is 36.7 Å². The maximum atomic E-state index is 12.1. The van der Waals surface area contributed by atoms with Gasteiger partial charge in [0.25, 0.3) is 0 Å². The van der Waals surface area contributed by atoms with Gasteiger partial charge >= 0.3 is 6.09 Å². The summed E-state index contributed by atoms with van der Waals surface area (Å²) in [5, 5.41) is 16.1. The molecule has 0 aliphatic rings. The van der Waals surface area contributed by atoms with E-state index >= 15 is 0 Å². The molecule has 8 nitrogen and oxygen atoms in total. The molecular formula is C24H31ClN4O4. The van der Waals surface area contributed by atoms with E-state index in [-0.39, 0.29) is 19.2 Å². The summed E-state index contributed by atoms with van der Waals surface area (Å²) in [6.45, 7) is 9.56. The van der Waals surface area contributed by atoms with Gasteiger partial charge < -0.3 is 19.5 Å². The number of nitrogens with zero attached hydrogens (tertiary/aromatic N) is 4. The van der Waals surface area contributed by atoms with Gasteiger partial charge in [0, 0.05) is 18.7 Å². The lowest BCUT2D eigenvalue weighted by Gasteiger charge is -2.26. The average molecular weight is 475 g/mol. The van der Waals surface area contributed by atoms with Crippen molar-refractivity contribution in [3.63, 3.8) is 0 Å². The van der Waals surface area contributed by atoms with E-state index in [0.29, 0.717) is 16.5 Å². The van der Waals surface area contributed by atoms with Crippen LogP contribution in [0.15, 0.2) is 36.5 Å². The number of ether oxygens (including phenoxy) is 2. The van der Waals surface area contributed by atoms with Crippen LogP contribution in [0.4, 0.5) is 4.79 Å². The Balaban J connectivity index is 1.69. The summed E-state index contributed by atoms with van der Waals surface area (Å²) in [6, 6.07) is 9.36. The molecule has 0 fully saturated rings. The van der Waals surface area contributed by atoms with E-state index in [9.17, 15) is 9.90 Å². The van der Waals surface area contributed by atoms with Crippen LogP contribution in [0.5, 0.6) is 5.75 Å². The fourth-order valence-corrected chi connectivity index (χ4v) is 3.46. The van der Waals surface area contributed by atoms with Crippen LogP contribution in [0.25, 0.3) is 22.3 Å². The molecule has 2 heterocycles. The van der Waals surface area contributed by atoms with Crippen LogP contribution in [-0.2, 0) is 4.74 Å². The summed E-state index contributed by atoms with van der Waals surface area (Å²) in [5.74, 6) is 0.571. The molecule has 0 aliphatic heterocycles. The van der Waals surface area contributed by atoms with E-state index in [2.05, 4.69) is 5.10 Å². The Kier molecular flexibility index (Phi) is 7.49. The first-order chi connectivity index (χ1) is 15.4. The zero-order valence-electron chi connectivity index (χ0n) is 19.9. The first-order valence-corrected chi connectivity index (χ1v) is 11.2. The molecule has 1 aromatic carbocycles. The predicted molar refractivity (Wildman–Crippen MR) is 129 cm³/mol. The minimum Gasteiger partial charge on any atom is -0.491 e. The monoisotopic (exact) mass is 474 g/mol. The van der Waals surface area contributed by atoms with Crippen molar-refractivity contribution in [1.29, 1.82) is 0 Å². The van der Waals surface area contributed by atoms with E-state index in [4.69, 9.17) is 26.1 Å². The normalized spacial score (nSPS) is 12.8. The quantitative estimate of drug-likeness (QED) is 0.521. The topological polar surface area (TPSA) is 89.7 Å². The molecule has 1 N–H and O–H groups in total. The maximum Gasteiger partial charge on any atom is 0.410 e. The van der Waals surface area contributed by atoms with Gasteiger partial charge in [-0.05, 0) is 52.8 Å². The highest BCUT2D eigenvalue weighted by Gasteiger charge is 2.21. The highest BCUT2D eigenvalue weighted by atomic mass is 35.5. The maximum absolute atomic E-state index is 12.1. The Hall–Kier alpha value is -2.84. The minimum absolute atomic E-state index is 0.0178. The number of aliphatic hydroxyl groups is 1. The highest BCUT2D eigenvalue weighted by Crippen LogP contribution is 2.30. The Morgan fingerprint density at radius 1 is 1.27 bits per heavy atom. The summed E-state index contributed by atoms with van der Waals surface area (Å²) < 4.78 is 12.9. The lowest BCUT2D eigenvalue weighted by atomic mass is 10.1. The third-order valence-corrected chi connectivity index (χ3v) is 5.08. The Morgan fingerprint density at radius 2 is 2.00 bits per heavy atom. The molecule has 3 aromatic rings. The predicted octanol–water partition coefficient (Wildman–Crippen LogP) is 4.94. The molecule has 0 bridgehead atoms. The number of fused-ring (bicyclic) bond motifs is 1. The van der Waals surface area contributed by atoms with Crippen LogP contribution >= 0.6 is 11.6 Å². The number of halogens is 1. The number of aliphatic hydroxyl groups excluding tert-OH is 1. The van der Waals surface area contributed by atoms with Gasteiger partial charge in [-0.15, -0.1) is 0 Å². The molecule has 9 heteroatoms. The molecule has 0 spiro atoms. The molecule has 178 valence electrons. The highest BCUT2D eigenvalue weighted by molar-refractivity contribution is 6.35. The van der Waals surface area contributed by atoms with Crippen LogP contribution in [0.1, 0.15) is 40.7 Å². The van der Waals surface area contributed by atoms with Crippen molar-refractivity contribution < 1.29 is 19.4 Å². The summed E-state index contributed by atoms with van der Waals surface area (Å²) in [4.78, 5) is 18.2. The number of likely N-dealkylation sites (N-methyl/N-ethyl adjacent to an activating group) is 1. The van der Waals surface area contributed by atoms with Crippen LogP contribution in [0, 0.1) is 0 Å². The van der Waals surface area contributed by atoms with Crippen molar-refractivity contribution >= 4 is 28.7 Å². The molecule has 1 atom stereocenters. The lowest BCUT2D eigenvalue weighted by molar-refractivity contribution is 0.0154. The van der Waals surface area contributed by atoms with Crippen LogP contribution in [0.3, 0.4) is 0 Å². The third-order valence-electron chi connectivity index (χ3n) is 4.77. The molecule has 0 aliphatic carbocycles. The second-order valence-corrected chi connectivity index (χ2v) is 9.67. The Bertz CT molecular complexity index is 1120. The van der Waals surface area contributed by atoms with E-state index in [1.54, 1.807) is 46.1 Å². The largest absolute Gasteiger partial charge is 0.491 e. The number of aromatic nitrogens is 3. The molecular weight excluding hydrogens is 444 g/mol. The van der Waals surface area contributed by atoms with Gasteiger partial charge in [-0.3, -0.25) is 0 Å². The molecule has 0 saturated heterocycles. The zero-order valence-corrected chi connectivity index (χ0v) is 20.6. The summed E-state index contributed by atoms with van der Waals surface area (Å²) >= 11 is 6.49. The number of amides is 1. The Morgan fingerprint density at radius 3 is 2.67 bits per heavy atom. The van der Waals surface area contributed by atoms with E-state index in [0.717, 1.165) is 16.6 Å². The van der Waals surface area contributed by atoms with Crippen LogP contribution in [-0.4, -0.2) is 62.8 Å². The van der Waals surface area contributed by atoms with Gasteiger partial charge in [-0.2, -0.15) is 5.10 Å². The molecule has 2 aromatic heterocycles. The van der Waals surface area contributed by atoms with E-state index < -0.39 is 17.8 Å². The summed E-state index contributed by atoms with van der Waals surface area (Å²) in [7, 11) is 1.57. The van der Waals surface area contributed by atoms with Crippen LogP contribution in [0.2, 0.25) is 5.02 Å². The Labute approximate surface area is 199 Å². The van der Waals surface area contributed by atoms with Crippen molar-refractivity contribution in [2.45, 2.75) is 52.4 Å². The number of carbonyl (C=O) groups excluding carboxylic acids is 1. The molecule has 3 rings (SSSR count). The SMILES string of the molecule is CC(C)n1ncc2c(Cl)cc(-c3cccc(OCC(O)CN(C)C(=O)OC(C)(C)C)c3)nc21. The third kappa shape index (κ3) is 6.36. The average Bonchev–Trinajstić information content (AvgIpc) is 3.16. The number of benzene rings is 1. The number of pyridine rings is 1. The summed E-state index contributed by atoms with van der Waals surface area (Å²) in [6.07, 6.45) is 0.349. The van der Waals surface area contributed by atoms with Gasteiger partial charge in [0.1, 0.15) is 24.1 Å². The van der Waals surface area contributed by atoms with Crippen molar-refractivity contribution in [1.82, 2.24) is 19.7 Å². The number of carbonyl (C=O) groups is 1. The standard InChI is InChI=1S/C24H31ClN4O4/c1-15(2)29-22-19(12-26-29)20(25)11-21(27-22)16-8-7-9-18(10-16)32-14-17(30)13-28(6)23(31)33-24(3,4)5/h7-12,15,17,30H,13-14H2,1-6H3. The first kappa shape index (κ1) is 24.8. The lowest BCUT2D eigenvalue weighted by Crippen LogP contribution is -2.40. The van der Waals surface area contributed by atoms with E-state index in [1.165, 1.54) is 4.90 Å². The molecule has 0 radical (unpaired) electrons. The summed E-state index contributed by atoms with van der Waals surface area (Å²) in [5.41, 5.74) is 1.65. The molecule has 1 unspecified atom stereocenters. The van der Waals surface area contributed by atoms with Crippen molar-refractivity contribution in [3.8, 4) is 17.0 Å². The van der Waals surface area contributed by atoms with Crippen molar-refractivity contribution in [2.24, 2.45) is 0 Å². The minimum atomic E-state index is -0.879. The van der Waals surface area contributed by atoms with Gasteiger partial charge in [0.2, 0.25) is 0 Å². The first-order valence-electron chi connectivity index (χ1n) is 10.8. The molecule has 33 heavy (non-hydrogen) atoms. The number of hydrogen-bond donors (Lipinski definition) is 1. The fourth-order valence-electron chi connectivity index (χ4n) is 3.23. The van der Waals surface area contributed by atoms with Gasteiger partial charge in [-0.1, -0.05) is 23.7 Å². The van der Waals surface area contributed by atoms with Gasteiger partial charge in [0.05, 0.1) is 28.8 Å².